The Morgan fingerprint density at radius 2 is 1.85 bits per heavy atom. The number of benzene rings is 1. The molecule has 2 heteroatoms. The van der Waals surface area contributed by atoms with Crippen LogP contribution in [0.1, 0.15) is 54.5 Å². The molecule has 1 aromatic carbocycles. The van der Waals surface area contributed by atoms with E-state index in [9.17, 15) is 0 Å². The van der Waals surface area contributed by atoms with E-state index in [1.54, 1.807) is 0 Å². The molecule has 2 rings (SSSR count). The van der Waals surface area contributed by atoms with Crippen LogP contribution in [0.3, 0.4) is 0 Å². The molecule has 2 nitrogen and oxygen atoms in total. The van der Waals surface area contributed by atoms with Gasteiger partial charge in [-0.3, -0.25) is 0 Å². The maximum Gasteiger partial charge on any atom is 0.0948 e. The third kappa shape index (κ3) is 3.50. The Hall–Kier alpha value is -1.57. The van der Waals surface area contributed by atoms with Crippen molar-refractivity contribution in [2.45, 2.75) is 59.4 Å². The maximum atomic E-state index is 4.21. The van der Waals surface area contributed by atoms with Crippen molar-refractivity contribution in [3.05, 3.63) is 53.1 Å². The van der Waals surface area contributed by atoms with Gasteiger partial charge in [0.2, 0.25) is 0 Å². The molecule has 0 saturated carbocycles. The molecule has 0 aliphatic rings. The number of aromatic nitrogens is 2. The summed E-state index contributed by atoms with van der Waals surface area (Å²) in [5.41, 5.74) is 5.70. The molecule has 108 valence electrons. The van der Waals surface area contributed by atoms with Crippen LogP contribution < -0.4 is 0 Å². The average molecular weight is 270 g/mol. The molecule has 0 aliphatic carbocycles. The van der Waals surface area contributed by atoms with Crippen LogP contribution in [0.4, 0.5) is 0 Å². The van der Waals surface area contributed by atoms with Crippen LogP contribution in [0.2, 0.25) is 0 Å². The van der Waals surface area contributed by atoms with Gasteiger partial charge in [-0.1, -0.05) is 37.5 Å². The first-order valence-corrected chi connectivity index (χ1v) is 7.66. The number of unbranched alkanes of at least 4 members (excludes halogenated alkanes) is 1. The van der Waals surface area contributed by atoms with Crippen molar-refractivity contribution in [2.24, 2.45) is 0 Å². The highest BCUT2D eigenvalue weighted by Gasteiger charge is 2.14. The molecule has 0 amide bonds. The van der Waals surface area contributed by atoms with Crippen LogP contribution in [-0.2, 0) is 6.42 Å². The highest BCUT2D eigenvalue weighted by atomic mass is 15.0. The molecular weight excluding hydrogens is 244 g/mol. The Kier molecular flexibility index (Phi) is 4.99. The van der Waals surface area contributed by atoms with Crippen LogP contribution in [-0.4, -0.2) is 9.55 Å². The zero-order chi connectivity index (χ0) is 14.5. The second kappa shape index (κ2) is 6.74. The number of imidazole rings is 1. The van der Waals surface area contributed by atoms with Gasteiger partial charge in [-0.05, 0) is 50.3 Å². The van der Waals surface area contributed by atoms with E-state index in [0.717, 1.165) is 6.42 Å². The minimum absolute atomic E-state index is 0.526. The molecule has 20 heavy (non-hydrogen) atoms. The Labute approximate surface area is 122 Å². The summed E-state index contributed by atoms with van der Waals surface area (Å²) >= 11 is 0. The smallest absolute Gasteiger partial charge is 0.0948 e. The molecule has 0 radical (unpaired) electrons. The summed E-state index contributed by atoms with van der Waals surface area (Å²) in [5, 5.41) is 0. The van der Waals surface area contributed by atoms with Gasteiger partial charge < -0.3 is 4.57 Å². The van der Waals surface area contributed by atoms with Gasteiger partial charge >= 0.3 is 0 Å². The van der Waals surface area contributed by atoms with E-state index >= 15 is 0 Å². The molecule has 1 atom stereocenters. The highest BCUT2D eigenvalue weighted by molar-refractivity contribution is 5.37. The van der Waals surface area contributed by atoms with Crippen molar-refractivity contribution in [3.8, 4) is 0 Å². The standard InChI is InChI=1S/C18H26N2/c1-5-6-7-17(20-9-8-19-13-20)12-18-15(3)10-14(2)11-16(18)4/h8-11,13,17H,5-7,12H2,1-4H3. The van der Waals surface area contributed by atoms with Crippen molar-refractivity contribution in [1.82, 2.24) is 9.55 Å². The lowest BCUT2D eigenvalue weighted by molar-refractivity contribution is 0.444. The highest BCUT2D eigenvalue weighted by Crippen LogP contribution is 2.25. The molecule has 1 heterocycles. The topological polar surface area (TPSA) is 17.8 Å². The minimum atomic E-state index is 0.526. The number of hydrogen-bond donors (Lipinski definition) is 0. The number of aryl methyl sites for hydroxylation is 3. The molecule has 0 bridgehead atoms. The lowest BCUT2D eigenvalue weighted by Gasteiger charge is -2.21. The molecule has 0 spiro atoms. The van der Waals surface area contributed by atoms with E-state index < -0.39 is 0 Å². The van der Waals surface area contributed by atoms with Crippen molar-refractivity contribution < 1.29 is 0 Å². The number of rotatable bonds is 6. The van der Waals surface area contributed by atoms with E-state index in [0.29, 0.717) is 6.04 Å². The first kappa shape index (κ1) is 14.8. The van der Waals surface area contributed by atoms with E-state index in [1.807, 2.05) is 12.5 Å². The van der Waals surface area contributed by atoms with E-state index in [-0.39, 0.29) is 0 Å². The summed E-state index contributed by atoms with van der Waals surface area (Å²) < 4.78 is 2.27. The second-order valence-electron chi connectivity index (χ2n) is 5.89. The fraction of sp³-hybridized carbons (Fsp3) is 0.500. The molecular formula is C18H26N2. The normalized spacial score (nSPS) is 12.6. The third-order valence-electron chi connectivity index (χ3n) is 4.12. The van der Waals surface area contributed by atoms with Gasteiger partial charge in [0.15, 0.2) is 0 Å². The Balaban J connectivity index is 2.24. The van der Waals surface area contributed by atoms with Gasteiger partial charge in [-0.2, -0.15) is 0 Å². The van der Waals surface area contributed by atoms with Crippen molar-refractivity contribution in [1.29, 1.82) is 0 Å². The molecule has 0 saturated heterocycles. The van der Waals surface area contributed by atoms with E-state index in [1.165, 1.54) is 41.5 Å². The van der Waals surface area contributed by atoms with Crippen LogP contribution in [0.5, 0.6) is 0 Å². The first-order chi connectivity index (χ1) is 9.61. The van der Waals surface area contributed by atoms with Crippen molar-refractivity contribution in [3.63, 3.8) is 0 Å². The number of nitrogens with zero attached hydrogens (tertiary/aromatic N) is 2. The molecule has 0 fully saturated rings. The summed E-state index contributed by atoms with van der Waals surface area (Å²) in [6.07, 6.45) is 10.8. The van der Waals surface area contributed by atoms with Crippen molar-refractivity contribution >= 4 is 0 Å². The van der Waals surface area contributed by atoms with Crippen LogP contribution in [0.25, 0.3) is 0 Å². The second-order valence-corrected chi connectivity index (χ2v) is 5.89. The Morgan fingerprint density at radius 3 is 2.40 bits per heavy atom. The van der Waals surface area contributed by atoms with Gasteiger partial charge in [-0.25, -0.2) is 4.98 Å². The van der Waals surface area contributed by atoms with Crippen LogP contribution in [0.15, 0.2) is 30.9 Å². The summed E-state index contributed by atoms with van der Waals surface area (Å²) in [5.74, 6) is 0. The minimum Gasteiger partial charge on any atom is -0.334 e. The van der Waals surface area contributed by atoms with Gasteiger partial charge in [0.05, 0.1) is 6.33 Å². The zero-order valence-corrected chi connectivity index (χ0v) is 13.2. The van der Waals surface area contributed by atoms with E-state index in [2.05, 4.69) is 55.6 Å². The molecule has 2 aromatic rings. The predicted molar refractivity (Wildman–Crippen MR) is 85.1 cm³/mol. The lowest BCUT2D eigenvalue weighted by Crippen LogP contribution is -2.12. The fourth-order valence-electron chi connectivity index (χ4n) is 3.05. The summed E-state index contributed by atoms with van der Waals surface area (Å²) in [6.45, 7) is 8.90. The Bertz CT molecular complexity index is 518. The van der Waals surface area contributed by atoms with Gasteiger partial charge in [0.25, 0.3) is 0 Å². The summed E-state index contributed by atoms with van der Waals surface area (Å²) in [7, 11) is 0. The molecule has 0 N–H and O–H groups in total. The largest absolute Gasteiger partial charge is 0.334 e. The molecule has 0 aliphatic heterocycles. The van der Waals surface area contributed by atoms with Crippen LogP contribution >= 0.6 is 0 Å². The quantitative estimate of drug-likeness (QED) is 0.738. The monoisotopic (exact) mass is 270 g/mol. The molecule has 1 unspecified atom stereocenters. The van der Waals surface area contributed by atoms with Gasteiger partial charge in [-0.15, -0.1) is 0 Å². The summed E-state index contributed by atoms with van der Waals surface area (Å²) in [6, 6.07) is 5.12. The lowest BCUT2D eigenvalue weighted by atomic mass is 9.92. The predicted octanol–water partition coefficient (Wildman–Crippen LogP) is 4.78. The first-order valence-electron chi connectivity index (χ1n) is 7.66. The van der Waals surface area contributed by atoms with Gasteiger partial charge in [0, 0.05) is 18.4 Å². The summed E-state index contributed by atoms with van der Waals surface area (Å²) in [4.78, 5) is 4.21. The third-order valence-corrected chi connectivity index (χ3v) is 4.12. The Morgan fingerprint density at radius 1 is 1.15 bits per heavy atom. The van der Waals surface area contributed by atoms with Crippen molar-refractivity contribution in [2.75, 3.05) is 0 Å². The van der Waals surface area contributed by atoms with Crippen LogP contribution in [0, 0.1) is 20.8 Å². The van der Waals surface area contributed by atoms with E-state index in [4.69, 9.17) is 0 Å². The fourth-order valence-corrected chi connectivity index (χ4v) is 3.05. The molecule has 1 aromatic heterocycles. The SMILES string of the molecule is CCCCC(Cc1c(C)cc(C)cc1C)n1ccnc1. The zero-order valence-electron chi connectivity index (χ0n) is 13.2. The average Bonchev–Trinajstić information content (AvgIpc) is 2.91. The number of hydrogen-bond acceptors (Lipinski definition) is 1. The van der Waals surface area contributed by atoms with Gasteiger partial charge in [0.1, 0.15) is 0 Å². The maximum absolute atomic E-state index is 4.21.